The van der Waals surface area contributed by atoms with Gasteiger partial charge in [-0.2, -0.15) is 0 Å². The summed E-state index contributed by atoms with van der Waals surface area (Å²) in [5, 5.41) is 8.56. The second-order valence-electron chi connectivity index (χ2n) is 4.88. The van der Waals surface area contributed by atoms with Crippen molar-refractivity contribution >= 4 is 18.0 Å². The molecule has 0 aromatic heterocycles. The molecule has 0 fully saturated rings. The Morgan fingerprint density at radius 2 is 1.90 bits per heavy atom. The summed E-state index contributed by atoms with van der Waals surface area (Å²) in [5.74, 6) is -1.32. The van der Waals surface area contributed by atoms with Crippen molar-refractivity contribution in [2.24, 2.45) is 5.73 Å². The molecule has 0 aliphatic carbocycles. The number of carboxylic acids is 1. The third kappa shape index (κ3) is 5.67. The second kappa shape index (κ2) is 7.45. The average molecular weight is 276 g/mol. The molecule has 0 heterocycles. The van der Waals surface area contributed by atoms with Crippen LogP contribution >= 0.6 is 0 Å². The summed E-state index contributed by atoms with van der Waals surface area (Å²) in [4.78, 5) is 23.4. The van der Waals surface area contributed by atoms with Gasteiger partial charge >= 0.3 is 5.97 Å². The highest BCUT2D eigenvalue weighted by atomic mass is 16.4. The summed E-state index contributed by atoms with van der Waals surface area (Å²) in [7, 11) is 0. The number of hydrogen-bond acceptors (Lipinski definition) is 3. The number of rotatable bonds is 7. The monoisotopic (exact) mass is 276 g/mol. The van der Waals surface area contributed by atoms with Crippen molar-refractivity contribution in [2.75, 3.05) is 6.54 Å². The predicted molar refractivity (Wildman–Crippen MR) is 77.9 cm³/mol. The maximum Gasteiger partial charge on any atom is 0.328 e. The lowest BCUT2D eigenvalue weighted by molar-refractivity contribution is -0.131. The molecule has 1 rings (SSSR count). The molecular formula is C15H20N2O3. The molecule has 1 aromatic carbocycles. The topological polar surface area (TPSA) is 83.6 Å². The van der Waals surface area contributed by atoms with Gasteiger partial charge in [0, 0.05) is 18.7 Å². The van der Waals surface area contributed by atoms with Crippen LogP contribution in [0.15, 0.2) is 30.3 Å². The van der Waals surface area contributed by atoms with E-state index in [4.69, 9.17) is 10.8 Å². The van der Waals surface area contributed by atoms with Crippen LogP contribution in [0.25, 0.3) is 6.08 Å². The zero-order valence-electron chi connectivity index (χ0n) is 11.7. The highest BCUT2D eigenvalue weighted by Gasteiger charge is 2.12. The smallest absolute Gasteiger partial charge is 0.328 e. The highest BCUT2D eigenvalue weighted by molar-refractivity contribution is 5.85. The molecule has 0 aliphatic heterocycles. The van der Waals surface area contributed by atoms with Gasteiger partial charge in [-0.1, -0.05) is 24.3 Å². The maximum absolute atomic E-state index is 11.0. The van der Waals surface area contributed by atoms with E-state index >= 15 is 0 Å². The molecule has 1 amide bonds. The quantitative estimate of drug-likeness (QED) is 0.739. The lowest BCUT2D eigenvalue weighted by Crippen LogP contribution is -2.37. The van der Waals surface area contributed by atoms with E-state index in [1.807, 2.05) is 43.0 Å². The van der Waals surface area contributed by atoms with Crippen LogP contribution in [0.2, 0.25) is 0 Å². The van der Waals surface area contributed by atoms with Gasteiger partial charge in [0.2, 0.25) is 5.91 Å². The zero-order chi connectivity index (χ0) is 15.1. The van der Waals surface area contributed by atoms with E-state index in [1.54, 1.807) is 0 Å². The molecule has 1 aromatic rings. The van der Waals surface area contributed by atoms with E-state index in [2.05, 4.69) is 0 Å². The van der Waals surface area contributed by atoms with Crippen LogP contribution in [-0.4, -0.2) is 34.5 Å². The second-order valence-corrected chi connectivity index (χ2v) is 4.88. The van der Waals surface area contributed by atoms with Crippen molar-refractivity contribution in [1.29, 1.82) is 0 Å². The Bertz CT molecular complexity index is 492. The average Bonchev–Trinajstić information content (AvgIpc) is 2.36. The third-order valence-corrected chi connectivity index (χ3v) is 2.87. The molecule has 0 atom stereocenters. The van der Waals surface area contributed by atoms with Crippen LogP contribution in [0.5, 0.6) is 0 Å². The van der Waals surface area contributed by atoms with Crippen molar-refractivity contribution in [3.8, 4) is 0 Å². The molecule has 0 radical (unpaired) electrons. The van der Waals surface area contributed by atoms with Crippen molar-refractivity contribution in [3.05, 3.63) is 41.5 Å². The van der Waals surface area contributed by atoms with Crippen LogP contribution < -0.4 is 5.73 Å². The van der Waals surface area contributed by atoms with E-state index in [9.17, 15) is 9.59 Å². The van der Waals surface area contributed by atoms with Gasteiger partial charge in [-0.15, -0.1) is 0 Å². The standard InChI is InChI=1S/C15H20N2O3/c1-11(2)17(10-14(16)18)9-13-5-3-12(4-6-13)7-8-15(19)20/h3-8,11H,9-10H2,1-2H3,(H2,16,18)(H,19,20). The number of nitrogens with zero attached hydrogens (tertiary/aromatic N) is 1. The van der Waals surface area contributed by atoms with Crippen molar-refractivity contribution in [3.63, 3.8) is 0 Å². The van der Waals surface area contributed by atoms with E-state index in [1.165, 1.54) is 6.08 Å². The van der Waals surface area contributed by atoms with Gasteiger partial charge in [-0.25, -0.2) is 4.79 Å². The van der Waals surface area contributed by atoms with E-state index in [-0.39, 0.29) is 18.5 Å². The number of benzene rings is 1. The third-order valence-electron chi connectivity index (χ3n) is 2.87. The van der Waals surface area contributed by atoms with Crippen LogP contribution in [0.1, 0.15) is 25.0 Å². The van der Waals surface area contributed by atoms with Gasteiger partial charge in [-0.3, -0.25) is 9.69 Å². The van der Waals surface area contributed by atoms with E-state index < -0.39 is 5.97 Å². The minimum atomic E-state index is -0.971. The molecule has 0 spiro atoms. The Morgan fingerprint density at radius 1 is 1.30 bits per heavy atom. The Labute approximate surface area is 118 Å². The summed E-state index contributed by atoms with van der Waals surface area (Å²) < 4.78 is 0. The maximum atomic E-state index is 11.0. The Balaban J connectivity index is 2.72. The fourth-order valence-electron chi connectivity index (χ4n) is 1.76. The number of amides is 1. The number of aliphatic carboxylic acids is 1. The van der Waals surface area contributed by atoms with Gasteiger partial charge < -0.3 is 10.8 Å². The van der Waals surface area contributed by atoms with Crippen molar-refractivity contribution in [1.82, 2.24) is 4.90 Å². The van der Waals surface area contributed by atoms with Crippen LogP contribution in [0.3, 0.4) is 0 Å². The molecule has 108 valence electrons. The largest absolute Gasteiger partial charge is 0.478 e. The van der Waals surface area contributed by atoms with Crippen molar-refractivity contribution < 1.29 is 14.7 Å². The number of carbonyl (C=O) groups excluding carboxylic acids is 1. The summed E-state index contributed by atoms with van der Waals surface area (Å²) in [6.45, 7) is 4.86. The molecule has 20 heavy (non-hydrogen) atoms. The minimum Gasteiger partial charge on any atom is -0.478 e. The number of primary amides is 1. The number of carboxylic acid groups (broad SMARTS) is 1. The summed E-state index contributed by atoms with van der Waals surface area (Å²) in [6, 6.07) is 7.74. The first kappa shape index (κ1) is 15.9. The first-order chi connectivity index (χ1) is 9.38. The molecule has 5 heteroatoms. The van der Waals surface area contributed by atoms with Gasteiger partial charge in [-0.05, 0) is 31.1 Å². The normalized spacial score (nSPS) is 11.4. The van der Waals surface area contributed by atoms with Crippen LogP contribution in [-0.2, 0) is 16.1 Å². The summed E-state index contributed by atoms with van der Waals surface area (Å²) in [6.07, 6.45) is 2.64. The van der Waals surface area contributed by atoms with E-state index in [0.29, 0.717) is 6.54 Å². The predicted octanol–water partition coefficient (Wildman–Crippen LogP) is 1.48. The Kier molecular flexibility index (Phi) is 5.93. The lowest BCUT2D eigenvalue weighted by Gasteiger charge is -2.25. The molecule has 0 aliphatic rings. The van der Waals surface area contributed by atoms with Crippen molar-refractivity contribution in [2.45, 2.75) is 26.4 Å². The van der Waals surface area contributed by atoms with Crippen LogP contribution in [0, 0.1) is 0 Å². The molecule has 0 bridgehead atoms. The fourth-order valence-corrected chi connectivity index (χ4v) is 1.76. The number of carbonyl (C=O) groups is 2. The number of nitrogens with two attached hydrogens (primary N) is 1. The first-order valence-corrected chi connectivity index (χ1v) is 6.41. The lowest BCUT2D eigenvalue weighted by atomic mass is 10.1. The minimum absolute atomic E-state index is 0.217. The number of hydrogen-bond donors (Lipinski definition) is 2. The van der Waals surface area contributed by atoms with Gasteiger partial charge in [0.1, 0.15) is 0 Å². The Morgan fingerprint density at radius 3 is 2.35 bits per heavy atom. The molecule has 3 N–H and O–H groups in total. The SMILES string of the molecule is CC(C)N(CC(N)=O)Cc1ccc(C=CC(=O)O)cc1. The van der Waals surface area contributed by atoms with Crippen LogP contribution in [0.4, 0.5) is 0 Å². The fraction of sp³-hybridized carbons (Fsp3) is 0.333. The Hall–Kier alpha value is -2.14. The molecular weight excluding hydrogens is 256 g/mol. The zero-order valence-corrected chi connectivity index (χ0v) is 11.7. The molecule has 0 saturated carbocycles. The van der Waals surface area contributed by atoms with Gasteiger partial charge in [0.15, 0.2) is 0 Å². The first-order valence-electron chi connectivity index (χ1n) is 6.41. The molecule has 0 saturated heterocycles. The van der Waals surface area contributed by atoms with E-state index in [0.717, 1.165) is 17.2 Å². The molecule has 5 nitrogen and oxygen atoms in total. The van der Waals surface area contributed by atoms with Gasteiger partial charge in [0.25, 0.3) is 0 Å². The molecule has 0 unspecified atom stereocenters. The van der Waals surface area contributed by atoms with Gasteiger partial charge in [0.05, 0.1) is 6.54 Å². The summed E-state index contributed by atoms with van der Waals surface area (Å²) in [5.41, 5.74) is 7.10. The summed E-state index contributed by atoms with van der Waals surface area (Å²) >= 11 is 0. The highest BCUT2D eigenvalue weighted by Crippen LogP contribution is 2.11.